The van der Waals surface area contributed by atoms with Gasteiger partial charge in [-0.3, -0.25) is 4.79 Å². The number of carbonyl (C=O) groups is 2. The van der Waals surface area contributed by atoms with E-state index in [4.69, 9.17) is 5.73 Å². The minimum Gasteiger partial charge on any atom is -0.465 e. The summed E-state index contributed by atoms with van der Waals surface area (Å²) in [5, 5.41) is 2.66. The zero-order valence-electron chi connectivity index (χ0n) is 13.3. The minimum absolute atomic E-state index is 0.290. The van der Waals surface area contributed by atoms with Crippen molar-refractivity contribution in [2.75, 3.05) is 12.4 Å². The third kappa shape index (κ3) is 4.27. The smallest absolute Gasteiger partial charge is 0.337 e. The van der Waals surface area contributed by atoms with Crippen molar-refractivity contribution in [3.05, 3.63) is 54.1 Å². The van der Waals surface area contributed by atoms with Gasteiger partial charge in [0.05, 0.1) is 29.5 Å². The molecule has 0 aliphatic heterocycles. The number of esters is 1. The first-order valence-corrected chi connectivity index (χ1v) is 8.34. The van der Waals surface area contributed by atoms with Gasteiger partial charge in [-0.15, -0.1) is 0 Å². The van der Waals surface area contributed by atoms with E-state index in [1.807, 2.05) is 0 Å². The molecule has 3 N–H and O–H groups in total. The maximum atomic E-state index is 12.5. The van der Waals surface area contributed by atoms with Gasteiger partial charge in [0.25, 0.3) is 0 Å². The molecule has 126 valence electrons. The molecular formula is C17H18N2O4S. The van der Waals surface area contributed by atoms with Crippen LogP contribution >= 0.6 is 0 Å². The molecule has 24 heavy (non-hydrogen) atoms. The molecule has 2 unspecified atom stereocenters. The normalized spacial score (nSPS) is 13.0. The van der Waals surface area contributed by atoms with Crippen LogP contribution < -0.4 is 11.1 Å². The van der Waals surface area contributed by atoms with E-state index in [-0.39, 0.29) is 5.91 Å². The van der Waals surface area contributed by atoms with Crippen molar-refractivity contribution >= 4 is 28.4 Å². The summed E-state index contributed by atoms with van der Waals surface area (Å²) in [5.74, 6) is -0.733. The van der Waals surface area contributed by atoms with Crippen molar-refractivity contribution in [1.82, 2.24) is 0 Å². The average Bonchev–Trinajstić information content (AvgIpc) is 2.61. The first kappa shape index (κ1) is 17.8. The van der Waals surface area contributed by atoms with Crippen molar-refractivity contribution in [3.63, 3.8) is 0 Å². The number of ether oxygens (including phenoxy) is 1. The quantitative estimate of drug-likeness (QED) is 0.806. The van der Waals surface area contributed by atoms with Crippen LogP contribution in [0.2, 0.25) is 0 Å². The van der Waals surface area contributed by atoms with Crippen LogP contribution in [-0.2, 0) is 20.3 Å². The predicted octanol–water partition coefficient (Wildman–Crippen LogP) is 1.93. The van der Waals surface area contributed by atoms with Gasteiger partial charge in [0.1, 0.15) is 0 Å². The molecule has 2 aromatic rings. The molecule has 1 amide bonds. The van der Waals surface area contributed by atoms with Gasteiger partial charge in [-0.25, -0.2) is 9.00 Å². The van der Waals surface area contributed by atoms with E-state index in [1.165, 1.54) is 7.11 Å². The van der Waals surface area contributed by atoms with Crippen molar-refractivity contribution in [2.45, 2.75) is 22.8 Å². The lowest BCUT2D eigenvalue weighted by Crippen LogP contribution is -2.32. The number of hydrogen-bond donors (Lipinski definition) is 2. The van der Waals surface area contributed by atoms with Crippen LogP contribution in [0.25, 0.3) is 0 Å². The Hall–Kier alpha value is -2.51. The zero-order chi connectivity index (χ0) is 17.7. The molecular weight excluding hydrogens is 328 g/mol. The summed E-state index contributed by atoms with van der Waals surface area (Å²) < 4.78 is 17.2. The number of benzene rings is 2. The highest BCUT2D eigenvalue weighted by Crippen LogP contribution is 2.19. The van der Waals surface area contributed by atoms with E-state index in [1.54, 1.807) is 55.5 Å². The number of rotatable bonds is 5. The summed E-state index contributed by atoms with van der Waals surface area (Å²) in [4.78, 5) is 24.1. The Bertz CT molecular complexity index is 755. The highest BCUT2D eigenvalue weighted by Gasteiger charge is 2.11. The molecule has 7 heteroatoms. The fourth-order valence-corrected chi connectivity index (χ4v) is 2.93. The van der Waals surface area contributed by atoms with E-state index in [2.05, 4.69) is 10.1 Å². The Morgan fingerprint density at radius 2 is 1.54 bits per heavy atom. The Balaban J connectivity index is 2.12. The highest BCUT2D eigenvalue weighted by molar-refractivity contribution is 7.85. The van der Waals surface area contributed by atoms with E-state index >= 15 is 0 Å². The Kier molecular flexibility index (Phi) is 5.83. The topological polar surface area (TPSA) is 98.5 Å². The van der Waals surface area contributed by atoms with E-state index in [9.17, 15) is 13.8 Å². The van der Waals surface area contributed by atoms with Gasteiger partial charge < -0.3 is 15.8 Å². The zero-order valence-corrected chi connectivity index (χ0v) is 14.1. The van der Waals surface area contributed by atoms with E-state index in [0.29, 0.717) is 21.0 Å². The molecule has 2 rings (SSSR count). The second-order valence-corrected chi connectivity index (χ2v) is 6.57. The van der Waals surface area contributed by atoms with Crippen molar-refractivity contribution < 1.29 is 18.5 Å². The lowest BCUT2D eigenvalue weighted by atomic mass is 10.2. The number of carbonyl (C=O) groups excluding carboxylic acids is 2. The van der Waals surface area contributed by atoms with Crippen LogP contribution in [0, 0.1) is 0 Å². The van der Waals surface area contributed by atoms with Crippen LogP contribution in [0.15, 0.2) is 58.3 Å². The second-order valence-electron chi connectivity index (χ2n) is 5.09. The summed E-state index contributed by atoms with van der Waals surface area (Å²) in [7, 11) is -0.0838. The molecule has 0 aliphatic rings. The number of methoxy groups -OCH3 is 1. The predicted molar refractivity (Wildman–Crippen MR) is 91.2 cm³/mol. The molecule has 0 heterocycles. The number of hydrogen-bond acceptors (Lipinski definition) is 5. The summed E-state index contributed by atoms with van der Waals surface area (Å²) in [6.45, 7) is 1.59. The van der Waals surface area contributed by atoms with Gasteiger partial charge in [0.15, 0.2) is 0 Å². The number of nitrogens with one attached hydrogen (secondary N) is 1. The van der Waals surface area contributed by atoms with Gasteiger partial charge in [0.2, 0.25) is 5.91 Å². The summed E-state index contributed by atoms with van der Waals surface area (Å²) >= 11 is 0. The van der Waals surface area contributed by atoms with Crippen molar-refractivity contribution in [1.29, 1.82) is 0 Å². The summed E-state index contributed by atoms with van der Waals surface area (Å²) in [6, 6.07) is 12.4. The van der Waals surface area contributed by atoms with Gasteiger partial charge in [-0.2, -0.15) is 0 Å². The lowest BCUT2D eigenvalue weighted by molar-refractivity contribution is -0.117. The molecule has 0 spiro atoms. The van der Waals surface area contributed by atoms with Crippen LogP contribution in [0.1, 0.15) is 17.3 Å². The van der Waals surface area contributed by atoms with Gasteiger partial charge >= 0.3 is 5.97 Å². The van der Waals surface area contributed by atoms with Gasteiger partial charge in [-0.1, -0.05) is 0 Å². The monoisotopic (exact) mass is 346 g/mol. The molecule has 0 saturated heterocycles. The van der Waals surface area contributed by atoms with E-state index in [0.717, 1.165) is 0 Å². The SMILES string of the molecule is COC(=O)c1ccc(S(=O)c2ccc(NC(=O)C(C)N)cc2)cc1. The third-order valence-corrected chi connectivity index (χ3v) is 4.64. The lowest BCUT2D eigenvalue weighted by Gasteiger charge is -2.09. The first-order valence-electron chi connectivity index (χ1n) is 7.19. The molecule has 0 aromatic heterocycles. The fraction of sp³-hybridized carbons (Fsp3) is 0.176. The van der Waals surface area contributed by atoms with Crippen molar-refractivity contribution in [3.8, 4) is 0 Å². The molecule has 0 saturated carbocycles. The van der Waals surface area contributed by atoms with Gasteiger partial charge in [0, 0.05) is 15.5 Å². The molecule has 0 bridgehead atoms. The number of nitrogens with two attached hydrogens (primary N) is 1. The third-order valence-electron chi connectivity index (χ3n) is 3.24. The Labute approximate surface area is 142 Å². The molecule has 0 radical (unpaired) electrons. The standard InChI is InChI=1S/C17H18N2O4S/c1-11(18)16(20)19-13-5-9-15(10-6-13)24(22)14-7-3-12(4-8-14)17(21)23-2/h3-11H,18H2,1-2H3,(H,19,20). The first-order chi connectivity index (χ1) is 11.4. The van der Waals surface area contributed by atoms with Crippen molar-refractivity contribution in [2.24, 2.45) is 5.73 Å². The number of anilines is 1. The molecule has 0 aliphatic carbocycles. The molecule has 2 aromatic carbocycles. The largest absolute Gasteiger partial charge is 0.465 e. The van der Waals surface area contributed by atoms with Crippen LogP contribution in [0.5, 0.6) is 0 Å². The van der Waals surface area contributed by atoms with Crippen LogP contribution in [0.4, 0.5) is 5.69 Å². The van der Waals surface area contributed by atoms with Crippen LogP contribution in [0.3, 0.4) is 0 Å². The Morgan fingerprint density at radius 1 is 1.04 bits per heavy atom. The molecule has 6 nitrogen and oxygen atoms in total. The molecule has 0 fully saturated rings. The second kappa shape index (κ2) is 7.85. The van der Waals surface area contributed by atoms with Gasteiger partial charge in [-0.05, 0) is 55.5 Å². The maximum absolute atomic E-state index is 12.5. The number of amides is 1. The minimum atomic E-state index is -1.39. The van der Waals surface area contributed by atoms with Crippen LogP contribution in [-0.4, -0.2) is 29.2 Å². The Morgan fingerprint density at radius 3 is 2.00 bits per heavy atom. The fourth-order valence-electron chi connectivity index (χ4n) is 1.89. The summed E-state index contributed by atoms with van der Waals surface area (Å²) in [6.07, 6.45) is 0. The summed E-state index contributed by atoms with van der Waals surface area (Å²) in [5.41, 5.74) is 6.47. The van der Waals surface area contributed by atoms with E-state index < -0.39 is 22.8 Å². The molecule has 2 atom stereocenters. The average molecular weight is 346 g/mol. The highest BCUT2D eigenvalue weighted by atomic mass is 32.2. The maximum Gasteiger partial charge on any atom is 0.337 e.